The third-order valence-electron chi connectivity index (χ3n) is 4.96. The predicted molar refractivity (Wildman–Crippen MR) is 96.7 cm³/mol. The van der Waals surface area contributed by atoms with Crippen molar-refractivity contribution in [3.63, 3.8) is 0 Å². The predicted octanol–water partition coefficient (Wildman–Crippen LogP) is 3.56. The average Bonchev–Trinajstić information content (AvgIpc) is 2.59. The van der Waals surface area contributed by atoms with E-state index in [1.807, 2.05) is 0 Å². The van der Waals surface area contributed by atoms with E-state index in [1.54, 1.807) is 0 Å². The minimum atomic E-state index is 0.139. The first-order chi connectivity index (χ1) is 11.2. The summed E-state index contributed by atoms with van der Waals surface area (Å²) in [4.78, 5) is 14.6. The van der Waals surface area contributed by atoms with Gasteiger partial charge in [-0.2, -0.15) is 0 Å². The highest BCUT2D eigenvalue weighted by molar-refractivity contribution is 5.78. The third-order valence-corrected chi connectivity index (χ3v) is 4.96. The average molecular weight is 316 g/mol. The van der Waals surface area contributed by atoms with Crippen molar-refractivity contribution < 1.29 is 4.79 Å². The van der Waals surface area contributed by atoms with E-state index in [0.717, 1.165) is 37.5 Å². The van der Waals surface area contributed by atoms with Gasteiger partial charge >= 0.3 is 0 Å². The minimum absolute atomic E-state index is 0.139. The summed E-state index contributed by atoms with van der Waals surface area (Å²) in [5.41, 5.74) is 2.42. The van der Waals surface area contributed by atoms with Gasteiger partial charge in [0.15, 0.2) is 0 Å². The molecule has 0 spiro atoms. The van der Waals surface area contributed by atoms with Crippen molar-refractivity contribution in [3.05, 3.63) is 35.4 Å². The number of hydrogen-bond acceptors (Lipinski definition) is 2. The van der Waals surface area contributed by atoms with E-state index in [-0.39, 0.29) is 5.91 Å². The van der Waals surface area contributed by atoms with Crippen molar-refractivity contribution in [1.29, 1.82) is 0 Å². The molecule has 3 heteroatoms. The van der Waals surface area contributed by atoms with Crippen LogP contribution in [0.15, 0.2) is 24.3 Å². The molecule has 1 amide bonds. The molecule has 1 fully saturated rings. The van der Waals surface area contributed by atoms with Gasteiger partial charge in [-0.15, -0.1) is 0 Å². The molecule has 0 aliphatic carbocycles. The number of piperidine rings is 1. The lowest BCUT2D eigenvalue weighted by atomic mass is 10.00. The number of benzene rings is 1. The molecule has 3 nitrogen and oxygen atoms in total. The molecule has 1 saturated heterocycles. The van der Waals surface area contributed by atoms with E-state index in [2.05, 4.69) is 48.3 Å². The van der Waals surface area contributed by atoms with E-state index in [1.165, 1.54) is 37.8 Å². The van der Waals surface area contributed by atoms with Gasteiger partial charge in [-0.3, -0.25) is 4.79 Å². The van der Waals surface area contributed by atoms with Crippen LogP contribution in [0.1, 0.15) is 57.1 Å². The zero-order valence-electron chi connectivity index (χ0n) is 14.8. The molecule has 0 saturated carbocycles. The van der Waals surface area contributed by atoms with Crippen LogP contribution in [0.3, 0.4) is 0 Å². The topological polar surface area (TPSA) is 32.3 Å². The minimum Gasteiger partial charge on any atom is -0.356 e. The quantitative estimate of drug-likeness (QED) is 0.744. The summed E-state index contributed by atoms with van der Waals surface area (Å²) >= 11 is 0. The lowest BCUT2D eigenvalue weighted by molar-refractivity contribution is -0.120. The summed E-state index contributed by atoms with van der Waals surface area (Å²) in [6, 6.07) is 9.13. The second-order valence-electron chi connectivity index (χ2n) is 6.64. The molecule has 1 heterocycles. The van der Waals surface area contributed by atoms with Gasteiger partial charge in [-0.1, -0.05) is 44.5 Å². The molecule has 1 aliphatic heterocycles. The van der Waals surface area contributed by atoms with Crippen LogP contribution < -0.4 is 5.32 Å². The van der Waals surface area contributed by atoms with Gasteiger partial charge < -0.3 is 10.2 Å². The summed E-state index contributed by atoms with van der Waals surface area (Å²) in [6.45, 7) is 7.57. The number of carbonyl (C=O) groups excluding carboxylic acids is 1. The molecule has 0 aromatic heterocycles. The summed E-state index contributed by atoms with van der Waals surface area (Å²) in [7, 11) is 0. The molecule has 128 valence electrons. The number of nitrogens with one attached hydrogen (secondary N) is 1. The Morgan fingerprint density at radius 2 is 1.91 bits per heavy atom. The lowest BCUT2D eigenvalue weighted by Gasteiger charge is -2.35. The Hall–Kier alpha value is -1.35. The lowest BCUT2D eigenvalue weighted by Crippen LogP contribution is -2.40. The zero-order valence-corrected chi connectivity index (χ0v) is 14.8. The van der Waals surface area contributed by atoms with Gasteiger partial charge in [-0.25, -0.2) is 0 Å². The standard InChI is InChI=1S/C20H32N2O/c1-3-17-9-11-18(12-10-17)16-20(23)21-13-7-15-22-14-6-5-8-19(22)4-2/h9-12,19H,3-8,13-16H2,1-2H3,(H,21,23)/t19-/m0/s1. The first kappa shape index (κ1) is 18.0. The van der Waals surface area contributed by atoms with Gasteiger partial charge in [0.1, 0.15) is 0 Å². The fourth-order valence-electron chi connectivity index (χ4n) is 3.47. The number of carbonyl (C=O) groups is 1. The summed E-state index contributed by atoms with van der Waals surface area (Å²) in [5, 5.41) is 3.07. The van der Waals surface area contributed by atoms with Gasteiger partial charge in [0.05, 0.1) is 6.42 Å². The van der Waals surface area contributed by atoms with Gasteiger partial charge in [0.25, 0.3) is 0 Å². The van der Waals surface area contributed by atoms with Gasteiger partial charge in [0, 0.05) is 19.1 Å². The highest BCUT2D eigenvalue weighted by Gasteiger charge is 2.19. The van der Waals surface area contributed by atoms with E-state index in [9.17, 15) is 4.79 Å². The van der Waals surface area contributed by atoms with Crippen molar-refractivity contribution in [1.82, 2.24) is 10.2 Å². The van der Waals surface area contributed by atoms with Crippen molar-refractivity contribution in [2.45, 2.75) is 64.8 Å². The molecule has 23 heavy (non-hydrogen) atoms. The second-order valence-corrected chi connectivity index (χ2v) is 6.64. The molecule has 1 atom stereocenters. The Bertz CT molecular complexity index is 469. The van der Waals surface area contributed by atoms with Crippen molar-refractivity contribution in [2.75, 3.05) is 19.6 Å². The smallest absolute Gasteiger partial charge is 0.224 e. The van der Waals surface area contributed by atoms with E-state index < -0.39 is 0 Å². The normalized spacial score (nSPS) is 18.8. The molecule has 1 aliphatic rings. The number of hydrogen-bond donors (Lipinski definition) is 1. The van der Waals surface area contributed by atoms with E-state index in [0.29, 0.717) is 6.42 Å². The molecule has 0 bridgehead atoms. The molecule has 1 N–H and O–H groups in total. The van der Waals surface area contributed by atoms with Gasteiger partial charge in [0.2, 0.25) is 5.91 Å². The maximum atomic E-state index is 12.0. The fraction of sp³-hybridized carbons (Fsp3) is 0.650. The van der Waals surface area contributed by atoms with Crippen LogP contribution in [0.4, 0.5) is 0 Å². The monoisotopic (exact) mass is 316 g/mol. The Morgan fingerprint density at radius 3 is 2.61 bits per heavy atom. The van der Waals surface area contributed by atoms with Crippen LogP contribution in [0.25, 0.3) is 0 Å². The fourth-order valence-corrected chi connectivity index (χ4v) is 3.47. The SMILES string of the molecule is CCc1ccc(CC(=O)NCCCN2CCCC[C@@H]2CC)cc1. The van der Waals surface area contributed by atoms with Crippen LogP contribution in [0, 0.1) is 0 Å². The Balaban J connectivity index is 1.64. The summed E-state index contributed by atoms with van der Waals surface area (Å²) < 4.78 is 0. The van der Waals surface area contributed by atoms with E-state index >= 15 is 0 Å². The van der Waals surface area contributed by atoms with Crippen LogP contribution >= 0.6 is 0 Å². The van der Waals surface area contributed by atoms with Crippen LogP contribution in [-0.2, 0) is 17.6 Å². The molecule has 0 radical (unpaired) electrons. The van der Waals surface area contributed by atoms with Crippen LogP contribution in [0.5, 0.6) is 0 Å². The molecular formula is C20H32N2O. The number of amides is 1. The number of nitrogens with zero attached hydrogens (tertiary/aromatic N) is 1. The summed E-state index contributed by atoms with van der Waals surface area (Å²) in [5.74, 6) is 0.139. The molecule has 0 unspecified atom stereocenters. The van der Waals surface area contributed by atoms with Crippen LogP contribution in [-0.4, -0.2) is 36.5 Å². The zero-order chi connectivity index (χ0) is 16.5. The maximum Gasteiger partial charge on any atom is 0.224 e. The number of aryl methyl sites for hydroxylation is 1. The van der Waals surface area contributed by atoms with E-state index in [4.69, 9.17) is 0 Å². The molecule has 1 aromatic rings. The molecule has 2 rings (SSSR count). The Morgan fingerprint density at radius 1 is 1.17 bits per heavy atom. The molecular weight excluding hydrogens is 284 g/mol. The van der Waals surface area contributed by atoms with Crippen LogP contribution in [0.2, 0.25) is 0 Å². The van der Waals surface area contributed by atoms with Gasteiger partial charge in [-0.05, 0) is 49.8 Å². The van der Waals surface area contributed by atoms with Crippen molar-refractivity contribution in [2.24, 2.45) is 0 Å². The second kappa shape index (κ2) is 9.71. The first-order valence-corrected chi connectivity index (χ1v) is 9.31. The first-order valence-electron chi connectivity index (χ1n) is 9.31. The van der Waals surface area contributed by atoms with Crippen molar-refractivity contribution >= 4 is 5.91 Å². The summed E-state index contributed by atoms with van der Waals surface area (Å²) in [6.07, 6.45) is 7.89. The largest absolute Gasteiger partial charge is 0.356 e. The Labute approximate surface area is 141 Å². The molecule has 1 aromatic carbocycles. The Kier molecular flexibility index (Phi) is 7.60. The maximum absolute atomic E-state index is 12.0. The highest BCUT2D eigenvalue weighted by atomic mass is 16.1. The third kappa shape index (κ3) is 5.98. The highest BCUT2D eigenvalue weighted by Crippen LogP contribution is 2.19. The van der Waals surface area contributed by atoms with Crippen molar-refractivity contribution in [3.8, 4) is 0 Å². The number of rotatable bonds is 8. The number of likely N-dealkylation sites (tertiary alicyclic amines) is 1.